The van der Waals surface area contributed by atoms with Gasteiger partial charge >= 0.3 is 0 Å². The molecule has 0 radical (unpaired) electrons. The van der Waals surface area contributed by atoms with Gasteiger partial charge in [-0.2, -0.15) is 0 Å². The number of halogens is 1. The van der Waals surface area contributed by atoms with Crippen LogP contribution in [-0.4, -0.2) is 0 Å². The van der Waals surface area contributed by atoms with Crippen molar-refractivity contribution in [3.05, 3.63) is 71.8 Å². The average Bonchev–Trinajstić information content (AvgIpc) is 2.85. The van der Waals surface area contributed by atoms with Gasteiger partial charge < -0.3 is 0 Å². The van der Waals surface area contributed by atoms with Gasteiger partial charge in [0, 0.05) is 30.8 Å². The molecule has 1 aromatic heterocycles. The molecular formula is C18H11ClS. The Morgan fingerprint density at radius 3 is 2.35 bits per heavy atom. The van der Waals surface area contributed by atoms with Gasteiger partial charge in [-0.3, -0.25) is 0 Å². The van der Waals surface area contributed by atoms with Crippen LogP contribution in [0.3, 0.4) is 0 Å². The van der Waals surface area contributed by atoms with E-state index in [1.54, 1.807) is 0 Å². The molecule has 3 aromatic carbocycles. The maximum Gasteiger partial charge on any atom is 0.0484 e. The Morgan fingerprint density at radius 1 is 0.700 bits per heavy atom. The lowest BCUT2D eigenvalue weighted by Crippen LogP contribution is -1.78. The number of hydrogen-bond donors (Lipinski definition) is 0. The fourth-order valence-corrected chi connectivity index (χ4v) is 3.92. The zero-order chi connectivity index (χ0) is 13.5. The third-order valence-corrected chi connectivity index (χ3v) is 5.04. The first-order valence-corrected chi connectivity index (χ1v) is 7.68. The Morgan fingerprint density at radius 2 is 1.45 bits per heavy atom. The molecule has 4 rings (SSSR count). The van der Waals surface area contributed by atoms with Crippen molar-refractivity contribution in [2.45, 2.75) is 0 Å². The van der Waals surface area contributed by atoms with Crippen LogP contribution >= 0.6 is 22.9 Å². The Labute approximate surface area is 126 Å². The molecule has 96 valence electrons. The van der Waals surface area contributed by atoms with Gasteiger partial charge in [0.2, 0.25) is 0 Å². The van der Waals surface area contributed by atoms with Crippen LogP contribution in [0, 0.1) is 0 Å². The molecule has 0 unspecified atom stereocenters. The second kappa shape index (κ2) is 4.62. The molecule has 0 N–H and O–H groups in total. The van der Waals surface area contributed by atoms with Gasteiger partial charge in [-0.15, -0.1) is 11.3 Å². The molecule has 0 spiro atoms. The first-order chi connectivity index (χ1) is 9.83. The molecule has 0 bridgehead atoms. The van der Waals surface area contributed by atoms with Crippen molar-refractivity contribution in [1.29, 1.82) is 0 Å². The summed E-state index contributed by atoms with van der Waals surface area (Å²) in [4.78, 5) is 0. The van der Waals surface area contributed by atoms with E-state index in [1.165, 1.54) is 25.7 Å². The molecule has 0 fully saturated rings. The van der Waals surface area contributed by atoms with E-state index in [2.05, 4.69) is 48.5 Å². The standard InChI is InChI=1S/C18H11ClS/c19-16-7-3-1-5-13(16)12-9-10-18-15(11-12)14-6-2-4-8-17(14)20-18/h1-11H. The van der Waals surface area contributed by atoms with Crippen LogP contribution in [0.5, 0.6) is 0 Å². The smallest absolute Gasteiger partial charge is 0.0484 e. The lowest BCUT2D eigenvalue weighted by molar-refractivity contribution is 1.65. The summed E-state index contributed by atoms with van der Waals surface area (Å²) in [6.45, 7) is 0. The number of fused-ring (bicyclic) bond motifs is 3. The predicted molar refractivity (Wildman–Crippen MR) is 89.8 cm³/mol. The minimum absolute atomic E-state index is 0.798. The molecule has 2 heteroatoms. The van der Waals surface area contributed by atoms with Crippen LogP contribution < -0.4 is 0 Å². The van der Waals surface area contributed by atoms with Gasteiger partial charge in [-0.1, -0.05) is 54.1 Å². The number of hydrogen-bond acceptors (Lipinski definition) is 1. The van der Waals surface area contributed by atoms with E-state index >= 15 is 0 Å². The summed E-state index contributed by atoms with van der Waals surface area (Å²) in [5, 5.41) is 3.43. The van der Waals surface area contributed by atoms with Crippen LogP contribution in [0.25, 0.3) is 31.3 Å². The van der Waals surface area contributed by atoms with Crippen molar-refractivity contribution >= 4 is 43.1 Å². The minimum atomic E-state index is 0.798. The minimum Gasteiger partial charge on any atom is -0.135 e. The molecule has 4 aromatic rings. The van der Waals surface area contributed by atoms with Gasteiger partial charge in [-0.05, 0) is 29.8 Å². The molecule has 0 saturated heterocycles. The lowest BCUT2D eigenvalue weighted by Gasteiger charge is -2.04. The van der Waals surface area contributed by atoms with Crippen LogP contribution in [0.4, 0.5) is 0 Å². The van der Waals surface area contributed by atoms with E-state index < -0.39 is 0 Å². The van der Waals surface area contributed by atoms with Crippen molar-refractivity contribution in [3.8, 4) is 11.1 Å². The maximum atomic E-state index is 6.30. The van der Waals surface area contributed by atoms with Gasteiger partial charge in [-0.25, -0.2) is 0 Å². The second-order valence-electron chi connectivity index (χ2n) is 4.79. The van der Waals surface area contributed by atoms with Gasteiger partial charge in [0.1, 0.15) is 0 Å². The highest BCUT2D eigenvalue weighted by Crippen LogP contribution is 2.37. The van der Waals surface area contributed by atoms with Gasteiger partial charge in [0.15, 0.2) is 0 Å². The number of thiophene rings is 1. The summed E-state index contributed by atoms with van der Waals surface area (Å²) in [6.07, 6.45) is 0. The fraction of sp³-hybridized carbons (Fsp3) is 0. The van der Waals surface area contributed by atoms with Crippen molar-refractivity contribution in [2.24, 2.45) is 0 Å². The van der Waals surface area contributed by atoms with Crippen molar-refractivity contribution in [2.75, 3.05) is 0 Å². The average molecular weight is 295 g/mol. The van der Waals surface area contributed by atoms with Crippen LogP contribution in [0.2, 0.25) is 5.02 Å². The van der Waals surface area contributed by atoms with Gasteiger partial charge in [0.25, 0.3) is 0 Å². The largest absolute Gasteiger partial charge is 0.135 e. The highest BCUT2D eigenvalue weighted by atomic mass is 35.5. The topological polar surface area (TPSA) is 0 Å². The van der Waals surface area contributed by atoms with E-state index in [9.17, 15) is 0 Å². The Balaban J connectivity index is 2.03. The highest BCUT2D eigenvalue weighted by Gasteiger charge is 2.07. The number of benzene rings is 3. The highest BCUT2D eigenvalue weighted by molar-refractivity contribution is 7.25. The quantitative estimate of drug-likeness (QED) is 0.382. The van der Waals surface area contributed by atoms with Crippen molar-refractivity contribution in [3.63, 3.8) is 0 Å². The first kappa shape index (κ1) is 12.0. The maximum absolute atomic E-state index is 6.30. The van der Waals surface area contributed by atoms with E-state index in [0.717, 1.165) is 10.6 Å². The summed E-state index contributed by atoms with van der Waals surface area (Å²) in [5.41, 5.74) is 2.26. The Hall–Kier alpha value is -1.83. The first-order valence-electron chi connectivity index (χ1n) is 6.49. The molecule has 1 heterocycles. The Kier molecular flexibility index (Phi) is 2.76. The SMILES string of the molecule is Clc1ccccc1-c1ccc2sc3ccccc3c2c1. The second-order valence-corrected chi connectivity index (χ2v) is 6.28. The van der Waals surface area contributed by atoms with Crippen LogP contribution in [0.1, 0.15) is 0 Å². The molecule has 0 aliphatic heterocycles. The summed E-state index contributed by atoms with van der Waals surface area (Å²) in [7, 11) is 0. The molecular weight excluding hydrogens is 284 g/mol. The molecule has 0 amide bonds. The third kappa shape index (κ3) is 1.82. The summed E-state index contributed by atoms with van der Waals surface area (Å²) in [6, 6.07) is 23.1. The lowest BCUT2D eigenvalue weighted by atomic mass is 10.0. The van der Waals surface area contributed by atoms with E-state index in [0.29, 0.717) is 0 Å². The van der Waals surface area contributed by atoms with E-state index in [1.807, 2.05) is 29.5 Å². The zero-order valence-electron chi connectivity index (χ0n) is 10.6. The van der Waals surface area contributed by atoms with Gasteiger partial charge in [0.05, 0.1) is 0 Å². The predicted octanol–water partition coefficient (Wildman–Crippen LogP) is 6.37. The number of rotatable bonds is 1. The monoisotopic (exact) mass is 294 g/mol. The summed E-state index contributed by atoms with van der Waals surface area (Å²) in [5.74, 6) is 0. The zero-order valence-corrected chi connectivity index (χ0v) is 12.2. The molecule has 0 atom stereocenters. The molecule has 0 aliphatic rings. The normalized spacial score (nSPS) is 11.2. The third-order valence-electron chi connectivity index (χ3n) is 3.56. The molecule has 0 aliphatic carbocycles. The van der Waals surface area contributed by atoms with Crippen LogP contribution in [-0.2, 0) is 0 Å². The summed E-state index contributed by atoms with van der Waals surface area (Å²) >= 11 is 8.14. The van der Waals surface area contributed by atoms with Crippen molar-refractivity contribution < 1.29 is 0 Å². The fourth-order valence-electron chi connectivity index (χ4n) is 2.59. The molecule has 20 heavy (non-hydrogen) atoms. The molecule has 0 saturated carbocycles. The van der Waals surface area contributed by atoms with E-state index in [4.69, 9.17) is 11.6 Å². The van der Waals surface area contributed by atoms with Crippen LogP contribution in [0.15, 0.2) is 66.7 Å². The van der Waals surface area contributed by atoms with E-state index in [-0.39, 0.29) is 0 Å². The van der Waals surface area contributed by atoms with Crippen molar-refractivity contribution in [1.82, 2.24) is 0 Å². The summed E-state index contributed by atoms with van der Waals surface area (Å²) < 4.78 is 2.65. The molecule has 0 nitrogen and oxygen atoms in total. The Bertz CT molecular complexity index is 921.